The van der Waals surface area contributed by atoms with Crippen molar-refractivity contribution in [1.29, 1.82) is 0 Å². The van der Waals surface area contributed by atoms with Crippen LogP contribution in [0.5, 0.6) is 5.75 Å². The molecule has 0 radical (unpaired) electrons. The van der Waals surface area contributed by atoms with Crippen molar-refractivity contribution in [1.82, 2.24) is 0 Å². The van der Waals surface area contributed by atoms with Gasteiger partial charge >= 0.3 is 0 Å². The average molecular weight is 371 g/mol. The number of ether oxygens (including phenoxy) is 3. The molecule has 1 aromatic rings. The summed E-state index contributed by atoms with van der Waals surface area (Å²) < 4.78 is 20.6. The highest BCUT2D eigenvalue weighted by molar-refractivity contribution is 5.71. The number of hydrogen-bond acceptors (Lipinski definition) is 3. The summed E-state index contributed by atoms with van der Waals surface area (Å²) in [5.74, 6) is 1.28. The summed E-state index contributed by atoms with van der Waals surface area (Å²) in [6, 6.07) is 6.72. The molecule has 27 heavy (non-hydrogen) atoms. The minimum absolute atomic E-state index is 0.104. The van der Waals surface area contributed by atoms with E-state index >= 15 is 0 Å². The molecule has 1 saturated carbocycles. The van der Waals surface area contributed by atoms with Crippen molar-refractivity contribution < 1.29 is 18.8 Å². The number of hydrogen-bond donors (Lipinski definition) is 0. The maximum absolute atomic E-state index is 6.21. The maximum Gasteiger partial charge on any atom is 0.169 e. The summed E-state index contributed by atoms with van der Waals surface area (Å²) in [6.07, 6.45) is 8.04. The van der Waals surface area contributed by atoms with Crippen molar-refractivity contribution in [3.8, 4) is 5.75 Å². The molecule has 4 nitrogen and oxygen atoms in total. The van der Waals surface area contributed by atoms with E-state index in [1.54, 1.807) is 7.11 Å². The molecule has 1 aromatic carbocycles. The normalized spacial score (nSPS) is 33.6. The van der Waals surface area contributed by atoms with E-state index in [0.29, 0.717) is 5.92 Å². The molecule has 0 aromatic heterocycles. The lowest BCUT2D eigenvalue weighted by Crippen LogP contribution is -2.59. The number of benzene rings is 1. The highest BCUT2D eigenvalue weighted by Gasteiger charge is 2.67. The van der Waals surface area contributed by atoms with Crippen molar-refractivity contribution in [2.24, 2.45) is 11.3 Å². The van der Waals surface area contributed by atoms with Crippen LogP contribution in [0.25, 0.3) is 0 Å². The predicted molar refractivity (Wildman–Crippen MR) is 105 cm³/mol. The minimum atomic E-state index is -0.373. The monoisotopic (exact) mass is 370 g/mol. The molecule has 4 heteroatoms. The Bertz CT molecular complexity index is 780. The SMILES string of the molecule is COc1ccc2c(c1)[C@]13CC[N+](CC(C)C)=C[C@]1(CCC1(C3)OCCO1)C2. The molecule has 0 unspecified atom stereocenters. The summed E-state index contributed by atoms with van der Waals surface area (Å²) in [4.78, 5) is 0. The molecule has 1 spiro atoms. The van der Waals surface area contributed by atoms with E-state index in [1.165, 1.54) is 17.5 Å². The Morgan fingerprint density at radius 1 is 1.15 bits per heavy atom. The van der Waals surface area contributed by atoms with Gasteiger partial charge in [-0.3, -0.25) is 0 Å². The summed E-state index contributed by atoms with van der Waals surface area (Å²) in [6.45, 7) is 8.37. The first kappa shape index (κ1) is 17.7. The van der Waals surface area contributed by atoms with E-state index < -0.39 is 0 Å². The van der Waals surface area contributed by atoms with Crippen LogP contribution in [-0.4, -0.2) is 50.0 Å². The third-order valence-electron chi connectivity index (χ3n) is 7.48. The second kappa shape index (κ2) is 6.05. The van der Waals surface area contributed by atoms with Crippen LogP contribution in [0.3, 0.4) is 0 Å². The Labute approximate surface area is 162 Å². The number of methoxy groups -OCH3 is 1. The van der Waals surface area contributed by atoms with Crippen molar-refractivity contribution in [3.05, 3.63) is 29.3 Å². The zero-order chi connectivity index (χ0) is 18.7. The van der Waals surface area contributed by atoms with E-state index in [-0.39, 0.29) is 16.6 Å². The van der Waals surface area contributed by atoms with Crippen LogP contribution in [0.15, 0.2) is 18.2 Å². The number of nitrogens with zero attached hydrogens (tertiary/aromatic N) is 1. The molecule has 1 saturated heterocycles. The fourth-order valence-corrected chi connectivity index (χ4v) is 6.43. The number of fused-ring (bicyclic) bond motifs is 1. The van der Waals surface area contributed by atoms with E-state index in [1.807, 2.05) is 0 Å². The lowest BCUT2D eigenvalue weighted by atomic mass is 9.53. The first-order valence-corrected chi connectivity index (χ1v) is 10.6. The van der Waals surface area contributed by atoms with E-state index in [0.717, 1.165) is 57.7 Å². The first-order chi connectivity index (χ1) is 13.0. The summed E-state index contributed by atoms with van der Waals surface area (Å²) in [7, 11) is 1.77. The predicted octanol–water partition coefficient (Wildman–Crippen LogP) is 3.55. The second-order valence-electron chi connectivity index (χ2n) is 9.49. The zero-order valence-corrected chi connectivity index (χ0v) is 16.9. The van der Waals surface area contributed by atoms with Gasteiger partial charge in [-0.25, -0.2) is 4.58 Å². The van der Waals surface area contributed by atoms with Gasteiger partial charge in [-0.2, -0.15) is 0 Å². The second-order valence-corrected chi connectivity index (χ2v) is 9.49. The van der Waals surface area contributed by atoms with Gasteiger partial charge < -0.3 is 14.2 Å². The van der Waals surface area contributed by atoms with Gasteiger partial charge in [-0.15, -0.1) is 0 Å². The minimum Gasteiger partial charge on any atom is -0.497 e. The molecular formula is C23H32NO3+. The molecule has 2 fully saturated rings. The summed E-state index contributed by atoms with van der Waals surface area (Å²) in [5.41, 5.74) is 3.27. The van der Waals surface area contributed by atoms with Crippen LogP contribution < -0.4 is 4.74 Å². The quantitative estimate of drug-likeness (QED) is 0.763. The van der Waals surface area contributed by atoms with Gasteiger partial charge in [0.25, 0.3) is 0 Å². The summed E-state index contributed by atoms with van der Waals surface area (Å²) in [5, 5.41) is 0. The standard InChI is InChI=1S/C23H32NO3/c1-17(2)14-24-9-8-22-15-23(26-10-11-27-23)7-6-21(22,16-24)13-18-4-5-19(25-3)12-20(18)22/h4-5,12,16-17H,6-11,13-15H2,1-3H3/q+1/t21-,22+/m0/s1. The van der Waals surface area contributed by atoms with Gasteiger partial charge in [0.2, 0.25) is 0 Å². The largest absolute Gasteiger partial charge is 0.497 e. The highest BCUT2D eigenvalue weighted by Crippen LogP contribution is 2.64. The molecule has 2 aliphatic carbocycles. The van der Waals surface area contributed by atoms with Crippen LogP contribution in [-0.2, 0) is 21.3 Å². The van der Waals surface area contributed by atoms with Crippen LogP contribution in [0.4, 0.5) is 0 Å². The van der Waals surface area contributed by atoms with E-state index in [9.17, 15) is 0 Å². The average Bonchev–Trinajstić information content (AvgIpc) is 3.21. The third kappa shape index (κ3) is 2.52. The van der Waals surface area contributed by atoms with Gasteiger partial charge in [-0.1, -0.05) is 19.9 Å². The molecular weight excluding hydrogens is 338 g/mol. The van der Waals surface area contributed by atoms with E-state index in [4.69, 9.17) is 14.2 Å². The van der Waals surface area contributed by atoms with Crippen LogP contribution >= 0.6 is 0 Å². The molecule has 2 aliphatic heterocycles. The van der Waals surface area contributed by atoms with Crippen LogP contribution in [0.1, 0.15) is 50.7 Å². The lowest BCUT2D eigenvalue weighted by molar-refractivity contribution is -0.542. The molecule has 4 aliphatic rings. The van der Waals surface area contributed by atoms with Crippen LogP contribution in [0.2, 0.25) is 0 Å². The lowest BCUT2D eigenvalue weighted by Gasteiger charge is -2.53. The zero-order valence-electron chi connectivity index (χ0n) is 16.9. The Balaban J connectivity index is 1.63. The Kier molecular flexibility index (Phi) is 3.97. The number of rotatable bonds is 3. The fourth-order valence-electron chi connectivity index (χ4n) is 6.43. The van der Waals surface area contributed by atoms with Gasteiger partial charge in [0.15, 0.2) is 5.79 Å². The van der Waals surface area contributed by atoms with Gasteiger partial charge in [-0.05, 0) is 36.1 Å². The first-order valence-electron chi connectivity index (χ1n) is 10.6. The van der Waals surface area contributed by atoms with Crippen molar-refractivity contribution in [2.75, 3.05) is 33.4 Å². The topological polar surface area (TPSA) is 30.7 Å². The van der Waals surface area contributed by atoms with Crippen molar-refractivity contribution >= 4 is 6.21 Å². The van der Waals surface area contributed by atoms with Gasteiger partial charge in [0, 0.05) is 30.6 Å². The third-order valence-corrected chi connectivity index (χ3v) is 7.48. The molecule has 2 atom stereocenters. The van der Waals surface area contributed by atoms with Gasteiger partial charge in [0.1, 0.15) is 25.1 Å². The van der Waals surface area contributed by atoms with Crippen molar-refractivity contribution in [3.63, 3.8) is 0 Å². The van der Waals surface area contributed by atoms with Crippen molar-refractivity contribution in [2.45, 2.75) is 57.2 Å². The summed E-state index contributed by atoms with van der Waals surface area (Å²) >= 11 is 0. The molecule has 0 bridgehead atoms. The smallest absolute Gasteiger partial charge is 0.169 e. The fraction of sp³-hybridized carbons (Fsp3) is 0.696. The highest BCUT2D eigenvalue weighted by atomic mass is 16.7. The van der Waals surface area contributed by atoms with Gasteiger partial charge in [0.05, 0.1) is 25.7 Å². The molecule has 5 rings (SSSR count). The molecule has 0 N–H and O–H groups in total. The Morgan fingerprint density at radius 3 is 2.70 bits per heavy atom. The maximum atomic E-state index is 6.21. The Hall–Kier alpha value is -1.39. The molecule has 146 valence electrons. The van der Waals surface area contributed by atoms with E-state index in [2.05, 4.69) is 42.8 Å². The van der Waals surface area contributed by atoms with Crippen LogP contribution in [0, 0.1) is 11.3 Å². The Morgan fingerprint density at radius 2 is 1.96 bits per heavy atom. The molecule has 0 amide bonds. The molecule has 2 heterocycles.